The van der Waals surface area contributed by atoms with Gasteiger partial charge in [0.25, 0.3) is 0 Å². The number of rotatable bonds is 3. The second-order valence-electron chi connectivity index (χ2n) is 5.50. The van der Waals surface area contributed by atoms with Crippen molar-refractivity contribution in [2.24, 2.45) is 0 Å². The van der Waals surface area contributed by atoms with Gasteiger partial charge >= 0.3 is 0 Å². The summed E-state index contributed by atoms with van der Waals surface area (Å²) in [5.74, 6) is 0.639. The summed E-state index contributed by atoms with van der Waals surface area (Å²) in [6.07, 6.45) is 3.41. The van der Waals surface area contributed by atoms with E-state index in [1.807, 2.05) is 17.0 Å². The van der Waals surface area contributed by atoms with Gasteiger partial charge in [-0.25, -0.2) is 4.98 Å². The van der Waals surface area contributed by atoms with Crippen molar-refractivity contribution in [3.8, 4) is 0 Å². The lowest BCUT2D eigenvalue weighted by Crippen LogP contribution is -2.23. The van der Waals surface area contributed by atoms with Crippen LogP contribution >= 0.6 is 11.6 Å². The number of furan rings is 1. The van der Waals surface area contributed by atoms with Crippen molar-refractivity contribution in [3.05, 3.63) is 41.0 Å². The minimum atomic E-state index is -0.134. The average molecular weight is 332 g/mol. The van der Waals surface area contributed by atoms with Crippen LogP contribution in [0.3, 0.4) is 0 Å². The van der Waals surface area contributed by atoms with Crippen molar-refractivity contribution < 1.29 is 9.52 Å². The van der Waals surface area contributed by atoms with Crippen LogP contribution in [0, 0.1) is 0 Å². The van der Waals surface area contributed by atoms with Crippen molar-refractivity contribution in [3.63, 3.8) is 0 Å². The average Bonchev–Trinajstić information content (AvgIpc) is 3.11. The first-order valence-corrected chi connectivity index (χ1v) is 7.54. The number of nitrogens with zero attached hydrogens (tertiary/aromatic N) is 4. The molecule has 4 rings (SSSR count). The van der Waals surface area contributed by atoms with Crippen LogP contribution in [0.5, 0.6) is 0 Å². The summed E-state index contributed by atoms with van der Waals surface area (Å²) in [7, 11) is 0. The molecule has 0 aliphatic carbocycles. The highest BCUT2D eigenvalue weighted by Gasteiger charge is 2.33. The molecule has 7 nitrogen and oxygen atoms in total. The van der Waals surface area contributed by atoms with Crippen molar-refractivity contribution >= 4 is 34.3 Å². The highest BCUT2D eigenvalue weighted by Crippen LogP contribution is 2.39. The first kappa shape index (κ1) is 14.2. The lowest BCUT2D eigenvalue weighted by atomic mass is 10.1. The number of aromatic nitrogens is 3. The Morgan fingerprint density at radius 1 is 1.43 bits per heavy atom. The number of aliphatic hydroxyl groups excluding tert-OH is 1. The first-order valence-electron chi connectivity index (χ1n) is 7.16. The zero-order chi connectivity index (χ0) is 16.0. The number of aliphatic hydroxyl groups is 1. The molecule has 0 saturated heterocycles. The number of nitrogen functional groups attached to an aromatic ring is 1. The molecule has 0 aromatic carbocycles. The molecule has 3 aromatic heterocycles. The van der Waals surface area contributed by atoms with Crippen LogP contribution in [0.15, 0.2) is 29.0 Å². The zero-order valence-electron chi connectivity index (χ0n) is 12.1. The number of hydrogen-bond acceptors (Lipinski definition) is 7. The van der Waals surface area contributed by atoms with Crippen molar-refractivity contribution in [1.29, 1.82) is 0 Å². The predicted octanol–water partition coefficient (Wildman–Crippen LogP) is 1.95. The van der Waals surface area contributed by atoms with E-state index in [1.165, 1.54) is 0 Å². The van der Waals surface area contributed by atoms with Gasteiger partial charge in [-0.05, 0) is 6.07 Å². The van der Waals surface area contributed by atoms with Gasteiger partial charge in [0.05, 0.1) is 25.1 Å². The van der Waals surface area contributed by atoms with E-state index in [-0.39, 0.29) is 18.5 Å². The fraction of sp³-hybridized carbons (Fsp3) is 0.267. The first-order chi connectivity index (χ1) is 11.2. The molecule has 1 atom stereocenters. The third-order valence-electron chi connectivity index (χ3n) is 4.01. The van der Waals surface area contributed by atoms with Gasteiger partial charge in [-0.2, -0.15) is 4.98 Å². The molecule has 0 fully saturated rings. The number of anilines is 2. The molecule has 1 unspecified atom stereocenters. The molecule has 118 valence electrons. The summed E-state index contributed by atoms with van der Waals surface area (Å²) in [5, 5.41) is 10.9. The fourth-order valence-corrected chi connectivity index (χ4v) is 3.27. The van der Waals surface area contributed by atoms with Crippen molar-refractivity contribution in [1.82, 2.24) is 15.0 Å². The number of halogens is 1. The Labute approximate surface area is 136 Å². The molecule has 3 N–H and O–H groups in total. The van der Waals surface area contributed by atoms with Gasteiger partial charge in [0.2, 0.25) is 5.95 Å². The van der Waals surface area contributed by atoms with Crippen LogP contribution < -0.4 is 10.6 Å². The standard InChI is InChI=1S/C15H14ClN5O2/c16-13-12-9(7-22)5-21(14(12)20-15(17)19-13)6-10-3-11-8(4-18-10)1-2-23-11/h1-4,9,22H,5-7H2,(H2,17,19,20). The van der Waals surface area contributed by atoms with Crippen LogP contribution in [0.4, 0.5) is 11.8 Å². The highest BCUT2D eigenvalue weighted by atomic mass is 35.5. The second-order valence-corrected chi connectivity index (χ2v) is 5.86. The van der Waals surface area contributed by atoms with E-state index in [4.69, 9.17) is 21.8 Å². The fourth-order valence-electron chi connectivity index (χ4n) is 2.95. The van der Waals surface area contributed by atoms with Gasteiger partial charge in [-0.15, -0.1) is 0 Å². The maximum atomic E-state index is 9.60. The van der Waals surface area contributed by atoms with E-state index in [9.17, 15) is 5.11 Å². The minimum Gasteiger partial charge on any atom is -0.464 e. The molecule has 0 amide bonds. The van der Waals surface area contributed by atoms with Crippen LogP contribution in [0.1, 0.15) is 17.2 Å². The molecule has 1 aliphatic heterocycles. The third kappa shape index (κ3) is 2.38. The molecule has 0 bridgehead atoms. The summed E-state index contributed by atoms with van der Waals surface area (Å²) in [6.45, 7) is 1.08. The molecular formula is C15H14ClN5O2. The largest absolute Gasteiger partial charge is 0.464 e. The maximum absolute atomic E-state index is 9.60. The Hall–Kier alpha value is -2.38. The van der Waals surface area contributed by atoms with E-state index in [0.29, 0.717) is 24.1 Å². The van der Waals surface area contributed by atoms with Gasteiger partial charge < -0.3 is 20.2 Å². The van der Waals surface area contributed by atoms with Gasteiger partial charge in [0.15, 0.2) is 0 Å². The number of nitrogens with two attached hydrogens (primary N) is 1. The van der Waals surface area contributed by atoms with E-state index < -0.39 is 0 Å². The Morgan fingerprint density at radius 3 is 3.13 bits per heavy atom. The highest BCUT2D eigenvalue weighted by molar-refractivity contribution is 6.30. The summed E-state index contributed by atoms with van der Waals surface area (Å²) in [4.78, 5) is 14.7. The monoisotopic (exact) mass is 331 g/mol. The molecule has 1 aliphatic rings. The Balaban J connectivity index is 1.70. The van der Waals surface area contributed by atoms with Crippen LogP contribution in [-0.2, 0) is 6.54 Å². The topological polar surface area (TPSA) is 101 Å². The van der Waals surface area contributed by atoms with Gasteiger partial charge in [-0.1, -0.05) is 11.6 Å². The van der Waals surface area contributed by atoms with Gasteiger partial charge in [0.1, 0.15) is 16.6 Å². The van der Waals surface area contributed by atoms with E-state index in [1.54, 1.807) is 12.5 Å². The SMILES string of the molecule is Nc1nc(Cl)c2c(n1)N(Cc1cc3occc3cn1)CC2CO. The number of hydrogen-bond donors (Lipinski definition) is 2. The summed E-state index contributed by atoms with van der Waals surface area (Å²) in [6, 6.07) is 3.76. The van der Waals surface area contributed by atoms with Gasteiger partial charge in [0, 0.05) is 35.7 Å². The smallest absolute Gasteiger partial charge is 0.223 e. The molecular weight excluding hydrogens is 318 g/mol. The van der Waals surface area contributed by atoms with Crippen LogP contribution in [0.25, 0.3) is 11.0 Å². The molecule has 0 spiro atoms. The van der Waals surface area contributed by atoms with E-state index >= 15 is 0 Å². The molecule has 23 heavy (non-hydrogen) atoms. The van der Waals surface area contributed by atoms with Crippen LogP contribution in [-0.4, -0.2) is 33.2 Å². The minimum absolute atomic E-state index is 0.0266. The van der Waals surface area contributed by atoms with Crippen molar-refractivity contribution in [2.75, 3.05) is 23.8 Å². The summed E-state index contributed by atoms with van der Waals surface area (Å²) < 4.78 is 5.41. The Morgan fingerprint density at radius 2 is 2.30 bits per heavy atom. The maximum Gasteiger partial charge on any atom is 0.223 e. The Bertz CT molecular complexity index is 881. The predicted molar refractivity (Wildman–Crippen MR) is 86.3 cm³/mol. The quantitative estimate of drug-likeness (QED) is 0.707. The van der Waals surface area contributed by atoms with Crippen LogP contribution in [0.2, 0.25) is 5.15 Å². The molecule has 0 radical (unpaired) electrons. The second kappa shape index (κ2) is 5.36. The van der Waals surface area contributed by atoms with Crippen molar-refractivity contribution in [2.45, 2.75) is 12.5 Å². The number of pyridine rings is 1. The molecule has 0 saturated carbocycles. The van der Waals surface area contributed by atoms with E-state index in [2.05, 4.69) is 15.0 Å². The summed E-state index contributed by atoms with van der Waals surface area (Å²) >= 11 is 6.18. The zero-order valence-corrected chi connectivity index (χ0v) is 12.9. The molecule has 4 heterocycles. The summed E-state index contributed by atoms with van der Waals surface area (Å²) in [5.41, 5.74) is 8.07. The number of fused-ring (bicyclic) bond motifs is 2. The Kier molecular flexibility index (Phi) is 3.32. The third-order valence-corrected chi connectivity index (χ3v) is 4.30. The van der Waals surface area contributed by atoms with E-state index in [0.717, 1.165) is 22.2 Å². The van der Waals surface area contributed by atoms with Gasteiger partial charge in [-0.3, -0.25) is 4.98 Å². The molecule has 8 heteroatoms. The normalized spacial score (nSPS) is 17.0. The lowest BCUT2D eigenvalue weighted by Gasteiger charge is -2.18. The lowest BCUT2D eigenvalue weighted by molar-refractivity contribution is 0.270. The molecule has 3 aromatic rings.